The fourth-order valence-corrected chi connectivity index (χ4v) is 3.46. The molecule has 1 aromatic rings. The molecule has 2 unspecified atom stereocenters. The van der Waals surface area contributed by atoms with Gasteiger partial charge in [0.15, 0.2) is 0 Å². The number of anilines is 1. The lowest BCUT2D eigenvalue weighted by Gasteiger charge is -2.27. The molecule has 1 saturated heterocycles. The van der Waals surface area contributed by atoms with Crippen LogP contribution in [0.2, 0.25) is 0 Å². The SMILES string of the molecule is CC1Sc2ccc(C(=O)NC3(CO)CCOC3)cc2NC1=O. The van der Waals surface area contributed by atoms with Crippen molar-refractivity contribution in [3.05, 3.63) is 23.8 Å². The molecule has 0 radical (unpaired) electrons. The predicted molar refractivity (Wildman–Crippen MR) is 83.1 cm³/mol. The standard InChI is InChI=1S/C15H18N2O4S/c1-9-13(19)16-11-6-10(2-3-12(11)22-9)14(20)17-15(7-18)4-5-21-8-15/h2-3,6,9,18H,4-5,7-8H2,1H3,(H,16,19)(H,17,20). The van der Waals surface area contributed by atoms with Crippen molar-refractivity contribution in [2.75, 3.05) is 25.1 Å². The van der Waals surface area contributed by atoms with Gasteiger partial charge < -0.3 is 20.5 Å². The summed E-state index contributed by atoms with van der Waals surface area (Å²) in [6, 6.07) is 5.23. The van der Waals surface area contributed by atoms with Gasteiger partial charge in [0.05, 0.1) is 29.7 Å². The number of amides is 2. The highest BCUT2D eigenvalue weighted by molar-refractivity contribution is 8.00. The van der Waals surface area contributed by atoms with Gasteiger partial charge in [0.2, 0.25) is 5.91 Å². The van der Waals surface area contributed by atoms with Crippen LogP contribution in [0.1, 0.15) is 23.7 Å². The lowest BCUT2D eigenvalue weighted by atomic mass is 9.99. The second-order valence-electron chi connectivity index (χ2n) is 5.66. The van der Waals surface area contributed by atoms with Gasteiger partial charge in [0.1, 0.15) is 0 Å². The van der Waals surface area contributed by atoms with E-state index in [0.29, 0.717) is 30.9 Å². The first-order valence-electron chi connectivity index (χ1n) is 7.16. The molecular formula is C15H18N2O4S. The first-order valence-corrected chi connectivity index (χ1v) is 8.04. The smallest absolute Gasteiger partial charge is 0.251 e. The molecule has 0 spiro atoms. The van der Waals surface area contributed by atoms with E-state index < -0.39 is 5.54 Å². The number of carbonyl (C=O) groups excluding carboxylic acids is 2. The molecule has 1 aromatic carbocycles. The maximum absolute atomic E-state index is 12.4. The van der Waals surface area contributed by atoms with Crippen molar-refractivity contribution in [2.45, 2.75) is 29.0 Å². The van der Waals surface area contributed by atoms with Gasteiger partial charge in [-0.15, -0.1) is 11.8 Å². The number of hydrogen-bond acceptors (Lipinski definition) is 5. The van der Waals surface area contributed by atoms with Gasteiger partial charge in [-0.1, -0.05) is 0 Å². The molecule has 2 amide bonds. The molecule has 6 nitrogen and oxygen atoms in total. The van der Waals surface area contributed by atoms with Crippen LogP contribution in [-0.2, 0) is 9.53 Å². The zero-order valence-corrected chi connectivity index (χ0v) is 13.0. The van der Waals surface area contributed by atoms with Crippen molar-refractivity contribution in [2.24, 2.45) is 0 Å². The molecular weight excluding hydrogens is 304 g/mol. The number of thioether (sulfide) groups is 1. The number of nitrogens with one attached hydrogen (secondary N) is 2. The molecule has 7 heteroatoms. The van der Waals surface area contributed by atoms with Crippen LogP contribution in [0.4, 0.5) is 5.69 Å². The van der Waals surface area contributed by atoms with Gasteiger partial charge in [-0.25, -0.2) is 0 Å². The van der Waals surface area contributed by atoms with Crippen molar-refractivity contribution in [3.8, 4) is 0 Å². The predicted octanol–water partition coefficient (Wildman–Crippen LogP) is 1.00. The number of aliphatic hydroxyl groups is 1. The molecule has 0 saturated carbocycles. The summed E-state index contributed by atoms with van der Waals surface area (Å²) in [4.78, 5) is 25.1. The Morgan fingerprint density at radius 2 is 2.41 bits per heavy atom. The van der Waals surface area contributed by atoms with E-state index in [2.05, 4.69) is 10.6 Å². The van der Waals surface area contributed by atoms with E-state index in [-0.39, 0.29) is 23.7 Å². The zero-order chi connectivity index (χ0) is 15.7. The van der Waals surface area contributed by atoms with Crippen molar-refractivity contribution in [1.82, 2.24) is 5.32 Å². The average Bonchev–Trinajstić information content (AvgIpc) is 2.97. The number of ether oxygens (including phenoxy) is 1. The molecule has 2 atom stereocenters. The average molecular weight is 322 g/mol. The lowest BCUT2D eigenvalue weighted by Crippen LogP contribution is -2.52. The summed E-state index contributed by atoms with van der Waals surface area (Å²) in [6.45, 7) is 2.52. The van der Waals surface area contributed by atoms with Gasteiger partial charge in [-0.3, -0.25) is 9.59 Å². The molecule has 0 aliphatic carbocycles. The number of carbonyl (C=O) groups is 2. The summed E-state index contributed by atoms with van der Waals surface area (Å²) in [7, 11) is 0. The molecule has 1 fully saturated rings. The minimum Gasteiger partial charge on any atom is -0.394 e. The number of fused-ring (bicyclic) bond motifs is 1. The van der Waals surface area contributed by atoms with Crippen LogP contribution in [0.5, 0.6) is 0 Å². The fourth-order valence-electron chi connectivity index (χ4n) is 2.53. The van der Waals surface area contributed by atoms with E-state index in [0.717, 1.165) is 4.90 Å². The lowest BCUT2D eigenvalue weighted by molar-refractivity contribution is -0.115. The van der Waals surface area contributed by atoms with Crippen molar-refractivity contribution in [1.29, 1.82) is 0 Å². The molecule has 2 aliphatic rings. The molecule has 2 aliphatic heterocycles. The first-order chi connectivity index (χ1) is 10.5. The number of rotatable bonds is 3. The highest BCUT2D eigenvalue weighted by Crippen LogP contribution is 2.36. The summed E-state index contributed by atoms with van der Waals surface area (Å²) < 4.78 is 5.27. The normalized spacial score (nSPS) is 27.2. The second-order valence-corrected chi connectivity index (χ2v) is 7.04. The summed E-state index contributed by atoms with van der Waals surface area (Å²) in [5, 5.41) is 15.0. The van der Waals surface area contributed by atoms with Crippen LogP contribution in [0.25, 0.3) is 0 Å². The third-order valence-electron chi connectivity index (χ3n) is 3.96. The Labute approximate surface area is 132 Å². The van der Waals surface area contributed by atoms with Gasteiger partial charge in [0.25, 0.3) is 5.91 Å². The summed E-state index contributed by atoms with van der Waals surface area (Å²) >= 11 is 1.47. The zero-order valence-electron chi connectivity index (χ0n) is 12.2. The van der Waals surface area contributed by atoms with E-state index in [1.54, 1.807) is 12.1 Å². The Morgan fingerprint density at radius 1 is 1.59 bits per heavy atom. The van der Waals surface area contributed by atoms with E-state index in [1.807, 2.05) is 13.0 Å². The summed E-state index contributed by atoms with van der Waals surface area (Å²) in [5.41, 5.74) is 0.398. The highest BCUT2D eigenvalue weighted by atomic mass is 32.2. The van der Waals surface area contributed by atoms with E-state index in [4.69, 9.17) is 4.74 Å². The van der Waals surface area contributed by atoms with E-state index in [1.165, 1.54) is 11.8 Å². The largest absolute Gasteiger partial charge is 0.394 e. The maximum Gasteiger partial charge on any atom is 0.251 e. The Balaban J connectivity index is 1.79. The van der Waals surface area contributed by atoms with Crippen LogP contribution in [0.3, 0.4) is 0 Å². The summed E-state index contributed by atoms with van der Waals surface area (Å²) in [6.07, 6.45) is 0.588. The Kier molecular flexibility index (Phi) is 4.12. The second kappa shape index (κ2) is 5.91. The maximum atomic E-state index is 12.4. The van der Waals surface area contributed by atoms with E-state index in [9.17, 15) is 14.7 Å². The topological polar surface area (TPSA) is 87.7 Å². The van der Waals surface area contributed by atoms with Gasteiger partial charge in [-0.05, 0) is 31.5 Å². The minimum absolute atomic E-state index is 0.0638. The van der Waals surface area contributed by atoms with Gasteiger partial charge >= 0.3 is 0 Å². The van der Waals surface area contributed by atoms with Crippen LogP contribution < -0.4 is 10.6 Å². The van der Waals surface area contributed by atoms with Crippen molar-refractivity contribution < 1.29 is 19.4 Å². The molecule has 3 rings (SSSR count). The van der Waals surface area contributed by atoms with Gasteiger partial charge in [-0.2, -0.15) is 0 Å². The Morgan fingerprint density at radius 3 is 3.09 bits per heavy atom. The monoisotopic (exact) mass is 322 g/mol. The molecule has 0 aromatic heterocycles. The van der Waals surface area contributed by atoms with Crippen LogP contribution in [-0.4, -0.2) is 47.5 Å². The molecule has 118 valence electrons. The minimum atomic E-state index is -0.709. The van der Waals surface area contributed by atoms with Crippen molar-refractivity contribution in [3.63, 3.8) is 0 Å². The molecule has 3 N–H and O–H groups in total. The fraction of sp³-hybridized carbons (Fsp3) is 0.467. The quantitative estimate of drug-likeness (QED) is 0.773. The number of benzene rings is 1. The van der Waals surface area contributed by atoms with Crippen molar-refractivity contribution >= 4 is 29.3 Å². The Hall–Kier alpha value is -1.57. The van der Waals surface area contributed by atoms with E-state index >= 15 is 0 Å². The van der Waals surface area contributed by atoms with Crippen LogP contribution in [0.15, 0.2) is 23.1 Å². The highest BCUT2D eigenvalue weighted by Gasteiger charge is 2.36. The molecule has 22 heavy (non-hydrogen) atoms. The first kappa shape index (κ1) is 15.3. The third-order valence-corrected chi connectivity index (χ3v) is 5.13. The molecule has 0 bridgehead atoms. The summed E-state index contributed by atoms with van der Waals surface area (Å²) in [5.74, 6) is -0.341. The third kappa shape index (κ3) is 2.84. The number of hydrogen-bond donors (Lipinski definition) is 3. The Bertz CT molecular complexity index is 614. The molecule has 2 heterocycles. The number of aliphatic hydroxyl groups excluding tert-OH is 1. The van der Waals surface area contributed by atoms with Gasteiger partial charge in [0, 0.05) is 17.1 Å². The van der Waals surface area contributed by atoms with Crippen LogP contribution >= 0.6 is 11.8 Å². The van der Waals surface area contributed by atoms with Crippen LogP contribution in [0, 0.1) is 0 Å².